The van der Waals surface area contributed by atoms with Crippen LogP contribution in [0.15, 0.2) is 60.9 Å². The number of hydrogen-bond acceptors (Lipinski definition) is 2. The fourth-order valence-electron chi connectivity index (χ4n) is 3.22. The summed E-state index contributed by atoms with van der Waals surface area (Å²) in [7, 11) is 1.82. The molecule has 0 aliphatic rings. The van der Waals surface area contributed by atoms with Crippen LogP contribution >= 0.6 is 0 Å². The number of aromatic nitrogens is 2. The van der Waals surface area contributed by atoms with E-state index in [1.165, 1.54) is 11.6 Å². The highest BCUT2D eigenvalue weighted by molar-refractivity contribution is 5.74. The Kier molecular flexibility index (Phi) is 6.65. The van der Waals surface area contributed by atoms with Crippen molar-refractivity contribution in [3.63, 3.8) is 0 Å². The second-order valence-corrected chi connectivity index (χ2v) is 7.40. The van der Waals surface area contributed by atoms with E-state index in [-0.39, 0.29) is 11.8 Å². The Labute approximate surface area is 171 Å². The van der Waals surface area contributed by atoms with E-state index in [9.17, 15) is 9.18 Å². The molecule has 0 aliphatic carbocycles. The van der Waals surface area contributed by atoms with E-state index < -0.39 is 6.04 Å². The summed E-state index contributed by atoms with van der Waals surface area (Å²) in [4.78, 5) is 16.8. The van der Waals surface area contributed by atoms with E-state index >= 15 is 0 Å². The first-order valence-corrected chi connectivity index (χ1v) is 9.80. The van der Waals surface area contributed by atoms with Crippen molar-refractivity contribution in [2.24, 2.45) is 7.05 Å². The lowest BCUT2D eigenvalue weighted by atomic mass is 10.0. The Balaban J connectivity index is 1.63. The first-order chi connectivity index (χ1) is 14.0. The van der Waals surface area contributed by atoms with E-state index in [4.69, 9.17) is 0 Å². The van der Waals surface area contributed by atoms with Crippen molar-refractivity contribution in [2.75, 3.05) is 6.54 Å². The van der Waals surface area contributed by atoms with Crippen LogP contribution in [0.5, 0.6) is 0 Å². The molecule has 5 nitrogen and oxygen atoms in total. The molecule has 0 fully saturated rings. The molecule has 3 aromatic rings. The summed E-state index contributed by atoms with van der Waals surface area (Å²) in [6.07, 6.45) is 4.12. The quantitative estimate of drug-likeness (QED) is 0.627. The van der Waals surface area contributed by atoms with Gasteiger partial charge in [0.25, 0.3) is 0 Å². The van der Waals surface area contributed by atoms with Crippen molar-refractivity contribution in [2.45, 2.75) is 32.2 Å². The number of aryl methyl sites for hydroxylation is 1. The zero-order valence-corrected chi connectivity index (χ0v) is 17.0. The van der Waals surface area contributed by atoms with E-state index in [0.717, 1.165) is 12.0 Å². The van der Waals surface area contributed by atoms with Crippen LogP contribution in [0.4, 0.5) is 9.18 Å². The minimum Gasteiger partial charge on any atom is -0.338 e. The van der Waals surface area contributed by atoms with E-state index in [1.807, 2.05) is 7.05 Å². The zero-order chi connectivity index (χ0) is 20.8. The largest absolute Gasteiger partial charge is 0.338 e. The van der Waals surface area contributed by atoms with Crippen molar-refractivity contribution >= 4 is 6.03 Å². The average Bonchev–Trinajstić information content (AvgIpc) is 3.13. The number of nitrogens with one attached hydrogen (secondary N) is 2. The van der Waals surface area contributed by atoms with Gasteiger partial charge in [-0.1, -0.05) is 56.3 Å². The molecule has 3 rings (SSSR count). The predicted molar refractivity (Wildman–Crippen MR) is 112 cm³/mol. The molecule has 1 atom stereocenters. The van der Waals surface area contributed by atoms with Gasteiger partial charge in [0, 0.05) is 31.5 Å². The molecule has 2 amide bonds. The summed E-state index contributed by atoms with van der Waals surface area (Å²) in [6.45, 7) is 4.81. The standard InChI is InChI=1S/C23H27FN4O/c1-16(2)18-10-8-17(9-11-18)12-13-26-23(29)27-21(22-25-14-15-28(22)3)19-6-4-5-7-20(19)24/h4-11,14-16,21H,12-13H2,1-3H3,(H2,26,27,29)/t21-/m1/s1. The number of hydrogen-bond donors (Lipinski definition) is 2. The van der Waals surface area contributed by atoms with Crippen molar-refractivity contribution in [1.29, 1.82) is 0 Å². The molecular formula is C23H27FN4O. The lowest BCUT2D eigenvalue weighted by Crippen LogP contribution is -2.40. The number of halogens is 1. The smallest absolute Gasteiger partial charge is 0.315 e. The molecule has 2 N–H and O–H groups in total. The van der Waals surface area contributed by atoms with Crippen LogP contribution in [0.1, 0.15) is 48.3 Å². The number of carbonyl (C=O) groups excluding carboxylic acids is 1. The van der Waals surface area contributed by atoms with Gasteiger partial charge in [-0.05, 0) is 29.5 Å². The van der Waals surface area contributed by atoms with Gasteiger partial charge in [0.15, 0.2) is 0 Å². The summed E-state index contributed by atoms with van der Waals surface area (Å²) in [5.41, 5.74) is 2.83. The third kappa shape index (κ3) is 5.22. The van der Waals surface area contributed by atoms with E-state index in [2.05, 4.69) is 53.7 Å². The maximum absolute atomic E-state index is 14.4. The summed E-state index contributed by atoms with van der Waals surface area (Å²) in [5, 5.41) is 5.71. The summed E-state index contributed by atoms with van der Waals surface area (Å²) in [6, 6.07) is 13.8. The lowest BCUT2D eigenvalue weighted by molar-refractivity contribution is 0.238. The molecule has 0 bridgehead atoms. The minimum absolute atomic E-state index is 0.361. The molecule has 1 heterocycles. The maximum Gasteiger partial charge on any atom is 0.315 e. The van der Waals surface area contributed by atoms with E-state index in [0.29, 0.717) is 23.9 Å². The third-order valence-corrected chi connectivity index (χ3v) is 4.95. The first kappa shape index (κ1) is 20.6. The molecule has 6 heteroatoms. The Bertz CT molecular complexity index is 950. The fraction of sp³-hybridized carbons (Fsp3) is 0.304. The van der Waals surface area contributed by atoms with Gasteiger partial charge in [0.2, 0.25) is 0 Å². The van der Waals surface area contributed by atoms with Gasteiger partial charge in [0.05, 0.1) is 0 Å². The van der Waals surface area contributed by atoms with Crippen LogP contribution in [0, 0.1) is 5.82 Å². The molecular weight excluding hydrogens is 367 g/mol. The first-order valence-electron chi connectivity index (χ1n) is 9.80. The fourth-order valence-corrected chi connectivity index (χ4v) is 3.22. The Hall–Kier alpha value is -3.15. The minimum atomic E-state index is -0.679. The predicted octanol–water partition coefficient (Wildman–Crippen LogP) is 4.31. The number of amides is 2. The highest BCUT2D eigenvalue weighted by Gasteiger charge is 2.23. The second-order valence-electron chi connectivity index (χ2n) is 7.40. The molecule has 152 valence electrons. The second kappa shape index (κ2) is 9.37. The Morgan fingerprint density at radius 3 is 2.48 bits per heavy atom. The number of urea groups is 1. The normalized spacial score (nSPS) is 12.0. The van der Waals surface area contributed by atoms with Gasteiger partial charge in [-0.2, -0.15) is 0 Å². The van der Waals surface area contributed by atoms with Crippen LogP contribution in [0.2, 0.25) is 0 Å². The van der Waals surface area contributed by atoms with E-state index in [1.54, 1.807) is 35.2 Å². The Morgan fingerprint density at radius 1 is 1.14 bits per heavy atom. The number of rotatable bonds is 7. The van der Waals surface area contributed by atoms with Gasteiger partial charge in [0.1, 0.15) is 17.7 Å². The highest BCUT2D eigenvalue weighted by atomic mass is 19.1. The summed E-state index contributed by atoms with van der Waals surface area (Å²) in [5.74, 6) is 0.676. The monoisotopic (exact) mass is 394 g/mol. The SMILES string of the molecule is CC(C)c1ccc(CCNC(=O)N[C@H](c2ccccc2F)c2nccn2C)cc1. The van der Waals surface area contributed by atoms with Crippen molar-refractivity contribution in [3.05, 3.63) is 89.3 Å². The van der Waals surface area contributed by atoms with Gasteiger partial charge in [-0.3, -0.25) is 0 Å². The molecule has 0 radical (unpaired) electrons. The van der Waals surface area contributed by atoms with Crippen molar-refractivity contribution < 1.29 is 9.18 Å². The molecule has 0 aliphatic heterocycles. The maximum atomic E-state index is 14.4. The number of carbonyl (C=O) groups is 1. The van der Waals surface area contributed by atoms with Gasteiger partial charge >= 0.3 is 6.03 Å². The van der Waals surface area contributed by atoms with Gasteiger partial charge < -0.3 is 15.2 Å². The molecule has 1 aromatic heterocycles. The van der Waals surface area contributed by atoms with Crippen LogP contribution < -0.4 is 10.6 Å². The molecule has 0 saturated heterocycles. The number of benzene rings is 2. The van der Waals surface area contributed by atoms with Crippen LogP contribution in [-0.4, -0.2) is 22.1 Å². The third-order valence-electron chi connectivity index (χ3n) is 4.95. The molecule has 2 aromatic carbocycles. The molecule has 0 saturated carbocycles. The topological polar surface area (TPSA) is 59.0 Å². The summed E-state index contributed by atoms with van der Waals surface area (Å²) < 4.78 is 16.1. The summed E-state index contributed by atoms with van der Waals surface area (Å²) >= 11 is 0. The van der Waals surface area contributed by atoms with Crippen LogP contribution in [-0.2, 0) is 13.5 Å². The average molecular weight is 394 g/mol. The lowest BCUT2D eigenvalue weighted by Gasteiger charge is -2.20. The number of imidazole rings is 1. The van der Waals surface area contributed by atoms with Gasteiger partial charge in [-0.25, -0.2) is 14.2 Å². The Morgan fingerprint density at radius 2 is 1.86 bits per heavy atom. The zero-order valence-electron chi connectivity index (χ0n) is 17.0. The van der Waals surface area contributed by atoms with Crippen molar-refractivity contribution in [1.82, 2.24) is 20.2 Å². The molecule has 29 heavy (non-hydrogen) atoms. The van der Waals surface area contributed by atoms with Crippen molar-refractivity contribution in [3.8, 4) is 0 Å². The van der Waals surface area contributed by atoms with Crippen LogP contribution in [0.25, 0.3) is 0 Å². The highest BCUT2D eigenvalue weighted by Crippen LogP contribution is 2.23. The molecule has 0 unspecified atom stereocenters. The number of nitrogens with zero attached hydrogens (tertiary/aromatic N) is 2. The van der Waals surface area contributed by atoms with Gasteiger partial charge in [-0.15, -0.1) is 0 Å². The van der Waals surface area contributed by atoms with Crippen LogP contribution in [0.3, 0.4) is 0 Å². The molecule has 0 spiro atoms.